The van der Waals surface area contributed by atoms with E-state index in [1.165, 1.54) is 0 Å². The van der Waals surface area contributed by atoms with Crippen LogP contribution in [-0.4, -0.2) is 60.7 Å². The van der Waals surface area contributed by atoms with Gasteiger partial charge in [0.25, 0.3) is 0 Å². The first kappa shape index (κ1) is 18.6. The van der Waals surface area contributed by atoms with Gasteiger partial charge in [-0.2, -0.15) is 0 Å². The van der Waals surface area contributed by atoms with E-state index in [0.717, 1.165) is 14.2 Å². The summed E-state index contributed by atoms with van der Waals surface area (Å²) in [5.41, 5.74) is -0.474. The number of nitrogens with zero attached hydrogens (tertiary/aromatic N) is 2. The number of azo groups is 1. The first-order valence-corrected chi connectivity index (χ1v) is 16.7. The maximum atomic E-state index is 12.6. The van der Waals surface area contributed by atoms with E-state index in [9.17, 15) is 14.4 Å². The van der Waals surface area contributed by atoms with Crippen LogP contribution in [0.2, 0.25) is 14.8 Å². The zero-order chi connectivity index (χ0) is 17.1. The number of carbonyl (C=O) groups is 3. The normalized spacial score (nSPS) is 20.8. The second kappa shape index (κ2) is 6.76. The van der Waals surface area contributed by atoms with E-state index in [1.54, 1.807) is 6.92 Å². The Labute approximate surface area is 132 Å². The number of methoxy groups -OCH3 is 2. The molecule has 8 nitrogen and oxygen atoms in total. The van der Waals surface area contributed by atoms with E-state index in [2.05, 4.69) is 15.0 Å². The quantitative estimate of drug-likeness (QED) is 0.378. The van der Waals surface area contributed by atoms with Crippen LogP contribution in [0.5, 0.6) is 0 Å². The van der Waals surface area contributed by atoms with Crippen LogP contribution in [0.15, 0.2) is 21.5 Å². The molecule has 1 aliphatic heterocycles. The van der Waals surface area contributed by atoms with Gasteiger partial charge in [0.1, 0.15) is 0 Å². The van der Waals surface area contributed by atoms with Crippen LogP contribution in [-0.2, 0) is 28.6 Å². The summed E-state index contributed by atoms with van der Waals surface area (Å²) in [4.78, 5) is 42.4. The Bertz CT molecular complexity index is 563. The van der Waals surface area contributed by atoms with E-state index in [0.29, 0.717) is 0 Å². The topological polar surface area (TPSA) is 104 Å². The number of hydrogen-bond acceptors (Lipinski definition) is 8. The van der Waals surface area contributed by atoms with Crippen LogP contribution < -0.4 is 0 Å². The van der Waals surface area contributed by atoms with Crippen molar-refractivity contribution in [2.24, 2.45) is 10.2 Å². The fourth-order valence-corrected chi connectivity index (χ4v) is 7.91. The SMILES string of the molecule is CCOC(=O)[C]1([Sn]([CH3])([CH3])[CH3])N=NC(C(=O)OC)=C1C(=O)OC. The molecule has 0 spiro atoms. The van der Waals surface area contributed by atoms with Gasteiger partial charge in [-0.25, -0.2) is 0 Å². The van der Waals surface area contributed by atoms with E-state index in [-0.39, 0.29) is 17.9 Å². The van der Waals surface area contributed by atoms with E-state index in [1.807, 2.05) is 14.8 Å². The molecule has 1 atom stereocenters. The van der Waals surface area contributed by atoms with Crippen LogP contribution in [0, 0.1) is 0 Å². The van der Waals surface area contributed by atoms with E-state index < -0.39 is 39.8 Å². The predicted molar refractivity (Wildman–Crippen MR) is 78.6 cm³/mol. The molecule has 1 rings (SSSR count). The zero-order valence-corrected chi connectivity index (χ0v) is 16.4. The Morgan fingerprint density at radius 3 is 2.05 bits per heavy atom. The minimum absolute atomic E-state index is 0.125. The van der Waals surface area contributed by atoms with Crippen molar-refractivity contribution in [1.29, 1.82) is 0 Å². The van der Waals surface area contributed by atoms with Gasteiger partial charge in [-0.15, -0.1) is 0 Å². The summed E-state index contributed by atoms with van der Waals surface area (Å²) in [6, 6.07) is 0. The first-order valence-electron chi connectivity index (χ1n) is 6.68. The molecule has 0 aromatic carbocycles. The van der Waals surface area contributed by atoms with Gasteiger partial charge in [-0.3, -0.25) is 0 Å². The Morgan fingerprint density at radius 1 is 1.09 bits per heavy atom. The monoisotopic (exact) mass is 420 g/mol. The molecule has 0 saturated heterocycles. The zero-order valence-electron chi connectivity index (χ0n) is 13.6. The molecule has 1 aliphatic rings. The minimum atomic E-state index is -3.35. The van der Waals surface area contributed by atoms with Crippen molar-refractivity contribution in [3.8, 4) is 0 Å². The second-order valence-electron chi connectivity index (χ2n) is 5.59. The molecule has 0 radical (unpaired) electrons. The summed E-state index contributed by atoms with van der Waals surface area (Å²) in [7, 11) is 2.32. The van der Waals surface area contributed by atoms with Gasteiger partial charge in [0, 0.05) is 0 Å². The predicted octanol–water partition coefficient (Wildman–Crippen LogP) is 1.23. The third-order valence-corrected chi connectivity index (χ3v) is 11.1. The fourth-order valence-electron chi connectivity index (χ4n) is 2.19. The van der Waals surface area contributed by atoms with Gasteiger partial charge in [0.2, 0.25) is 0 Å². The fraction of sp³-hybridized carbons (Fsp3) is 0.615. The summed E-state index contributed by atoms with van der Waals surface area (Å²) in [5, 5.41) is 7.79. The van der Waals surface area contributed by atoms with Crippen molar-refractivity contribution in [3.05, 3.63) is 11.3 Å². The molecule has 0 N–H and O–H groups in total. The number of esters is 3. The average Bonchev–Trinajstić information content (AvgIpc) is 2.87. The summed E-state index contributed by atoms with van der Waals surface area (Å²) in [5.74, 6) is -2.35. The molecule has 0 aromatic heterocycles. The van der Waals surface area contributed by atoms with Crippen molar-refractivity contribution in [3.63, 3.8) is 0 Å². The number of hydrogen-bond donors (Lipinski definition) is 0. The maximum absolute atomic E-state index is 12.6. The third-order valence-electron chi connectivity index (χ3n) is 3.32. The van der Waals surface area contributed by atoms with Crippen molar-refractivity contribution < 1.29 is 28.6 Å². The molecule has 0 aliphatic carbocycles. The van der Waals surface area contributed by atoms with Crippen LogP contribution in [0.25, 0.3) is 0 Å². The van der Waals surface area contributed by atoms with Crippen LogP contribution >= 0.6 is 0 Å². The summed E-state index contributed by atoms with van der Waals surface area (Å²) >= 11 is -3.35. The number of ether oxygens (including phenoxy) is 3. The summed E-state index contributed by atoms with van der Waals surface area (Å²) in [6.45, 7) is 1.78. The van der Waals surface area contributed by atoms with Crippen molar-refractivity contribution >= 4 is 36.3 Å². The van der Waals surface area contributed by atoms with Crippen molar-refractivity contribution in [2.45, 2.75) is 25.3 Å². The second-order valence-corrected chi connectivity index (χ2v) is 20.5. The van der Waals surface area contributed by atoms with E-state index in [4.69, 9.17) is 9.47 Å². The van der Waals surface area contributed by atoms with E-state index >= 15 is 0 Å². The van der Waals surface area contributed by atoms with Gasteiger partial charge in [-0.05, 0) is 0 Å². The van der Waals surface area contributed by atoms with Crippen LogP contribution in [0.1, 0.15) is 6.92 Å². The molecule has 1 heterocycles. The molecule has 122 valence electrons. The summed E-state index contributed by atoms with van der Waals surface area (Å²) in [6.07, 6.45) is 0. The Morgan fingerprint density at radius 2 is 1.64 bits per heavy atom. The van der Waals surface area contributed by atoms with Gasteiger partial charge in [0.15, 0.2) is 0 Å². The first-order chi connectivity index (χ1) is 10.2. The Balaban J connectivity index is 3.66. The van der Waals surface area contributed by atoms with Crippen LogP contribution in [0.3, 0.4) is 0 Å². The van der Waals surface area contributed by atoms with Gasteiger partial charge in [-0.1, -0.05) is 0 Å². The molecule has 22 heavy (non-hydrogen) atoms. The molecular formula is C13H20N2O6Sn. The van der Waals surface area contributed by atoms with Crippen LogP contribution in [0.4, 0.5) is 0 Å². The Hall–Kier alpha value is -1.45. The standard InChI is InChI=1S/C10H11N2O6.3CH3.Sn/c1-4-18-10(15)7-5(8(13)16-2)6(11-12-7)9(14)17-3;;;;/h4H2,1-3H3;3*1H3;. The molecular weight excluding hydrogens is 399 g/mol. The number of rotatable bonds is 5. The number of carbonyl (C=O) groups excluding carboxylic acids is 3. The molecule has 0 aromatic rings. The molecule has 9 heteroatoms. The molecule has 0 amide bonds. The summed E-state index contributed by atoms with van der Waals surface area (Å²) < 4.78 is 12.9. The van der Waals surface area contributed by atoms with Gasteiger partial charge >= 0.3 is 133 Å². The Kier molecular flexibility index (Phi) is 5.71. The molecule has 0 fully saturated rings. The molecule has 0 saturated carbocycles. The van der Waals surface area contributed by atoms with Crippen molar-refractivity contribution in [1.82, 2.24) is 0 Å². The van der Waals surface area contributed by atoms with Crippen molar-refractivity contribution in [2.75, 3.05) is 20.8 Å². The third kappa shape index (κ3) is 2.88. The average molecular weight is 419 g/mol. The van der Waals surface area contributed by atoms with Gasteiger partial charge in [0.05, 0.1) is 0 Å². The van der Waals surface area contributed by atoms with Gasteiger partial charge < -0.3 is 0 Å². The molecule has 0 bridgehead atoms. The molecule has 1 unspecified atom stereocenters.